The summed E-state index contributed by atoms with van der Waals surface area (Å²) in [6.07, 6.45) is -1.42. The van der Waals surface area contributed by atoms with Crippen molar-refractivity contribution in [3.63, 3.8) is 0 Å². The first kappa shape index (κ1) is 30.1. The highest BCUT2D eigenvalue weighted by Gasteiger charge is 2.48. The average Bonchev–Trinajstić information content (AvgIpc) is 3.39. The maximum Gasteiger partial charge on any atom is 0.481 e. The molecule has 2 aliphatic rings. The molecule has 0 amide bonds. The number of fused-ring (bicyclic) bond motifs is 1. The summed E-state index contributed by atoms with van der Waals surface area (Å²) in [7, 11) is -10.7. The Labute approximate surface area is 236 Å². The molecule has 1 saturated heterocycles. The number of phosphoric ester groups is 1. The first-order chi connectivity index (χ1) is 19.7. The van der Waals surface area contributed by atoms with E-state index in [0.29, 0.717) is 5.57 Å². The fourth-order valence-electron chi connectivity index (χ4n) is 4.72. The predicted molar refractivity (Wildman–Crippen MR) is 142 cm³/mol. The molecule has 17 nitrogen and oxygen atoms in total. The van der Waals surface area contributed by atoms with E-state index >= 15 is 0 Å². The van der Waals surface area contributed by atoms with Crippen molar-refractivity contribution < 1.29 is 57.0 Å². The van der Waals surface area contributed by atoms with Crippen LogP contribution in [0.4, 0.5) is 5.95 Å². The van der Waals surface area contributed by atoms with Gasteiger partial charge in [0, 0.05) is 12.0 Å². The summed E-state index contributed by atoms with van der Waals surface area (Å²) in [5.74, 6) is -0.452. The smallest absolute Gasteiger partial charge is 0.387 e. The van der Waals surface area contributed by atoms with Crippen LogP contribution in [0.2, 0.25) is 0 Å². The fraction of sp³-hybridized carbons (Fsp3) is 0.304. The molecule has 19 heteroatoms. The Morgan fingerprint density at radius 3 is 2.50 bits per heavy atom. The monoisotopic (exact) mass is 626 g/mol. The van der Waals surface area contributed by atoms with Crippen LogP contribution in [0.25, 0.3) is 16.7 Å². The molecule has 1 aliphatic carbocycles. The van der Waals surface area contributed by atoms with Crippen LogP contribution >= 0.6 is 15.6 Å². The topological polar surface area (TPSA) is 261 Å². The average molecular weight is 626 g/mol. The number of nitrogens with one attached hydrogen (secondary N) is 1. The lowest BCUT2D eigenvalue weighted by Crippen LogP contribution is -2.46. The van der Waals surface area contributed by atoms with E-state index in [0.717, 1.165) is 11.1 Å². The van der Waals surface area contributed by atoms with Crippen molar-refractivity contribution in [3.8, 4) is 0 Å². The first-order valence-corrected chi connectivity index (χ1v) is 15.3. The molecule has 0 saturated carbocycles. The molecule has 5 rings (SSSR count). The number of nitrogens with two attached hydrogens (primary N) is 1. The van der Waals surface area contributed by atoms with Gasteiger partial charge in [-0.1, -0.05) is 47.5 Å². The molecule has 1 fully saturated rings. The number of aromatic amines is 1. The minimum absolute atomic E-state index is 0.0318. The Bertz CT molecular complexity index is 1750. The van der Waals surface area contributed by atoms with Gasteiger partial charge in [0.05, 0.1) is 13.2 Å². The van der Waals surface area contributed by atoms with E-state index in [1.165, 1.54) is 15.5 Å². The van der Waals surface area contributed by atoms with E-state index in [4.69, 9.17) is 20.3 Å². The zero-order valence-corrected chi connectivity index (χ0v) is 23.2. The van der Waals surface area contributed by atoms with Gasteiger partial charge in [-0.3, -0.25) is 23.7 Å². The van der Waals surface area contributed by atoms with Crippen LogP contribution in [0.1, 0.15) is 18.2 Å². The zero-order chi connectivity index (χ0) is 30.4. The van der Waals surface area contributed by atoms with Crippen LogP contribution < -0.4 is 15.9 Å². The quantitative estimate of drug-likeness (QED) is 0.116. The molecule has 5 atom stereocenters. The molecule has 1 unspecified atom stereocenters. The molecule has 0 radical (unpaired) electrons. The Morgan fingerprint density at radius 1 is 1.12 bits per heavy atom. The third-order valence-electron chi connectivity index (χ3n) is 6.59. The predicted octanol–water partition coefficient (Wildman–Crippen LogP) is -0.577. The summed E-state index contributed by atoms with van der Waals surface area (Å²) >= 11 is 0. The van der Waals surface area contributed by atoms with Crippen molar-refractivity contribution >= 4 is 44.1 Å². The number of Topliss-reactive ketones (excluding diaryl/α,β-unsaturated/α-hetero) is 1. The highest BCUT2D eigenvalue weighted by Crippen LogP contribution is 2.57. The van der Waals surface area contributed by atoms with Gasteiger partial charge in [0.1, 0.15) is 18.3 Å². The number of phosphoric acid groups is 2. The molecular weight excluding hydrogens is 600 g/mol. The molecule has 0 spiro atoms. The van der Waals surface area contributed by atoms with Crippen molar-refractivity contribution in [1.29, 1.82) is 0 Å². The summed E-state index contributed by atoms with van der Waals surface area (Å²) in [4.78, 5) is 59.5. The van der Waals surface area contributed by atoms with Crippen LogP contribution in [0.3, 0.4) is 0 Å². The van der Waals surface area contributed by atoms with Crippen LogP contribution in [0, 0.1) is 0 Å². The zero-order valence-electron chi connectivity index (χ0n) is 21.5. The lowest BCUT2D eigenvalue weighted by molar-refractivity contribution is -0.745. The Balaban J connectivity index is 1.44. The summed E-state index contributed by atoms with van der Waals surface area (Å²) in [6, 6.07) is 9.37. The molecule has 42 heavy (non-hydrogen) atoms. The van der Waals surface area contributed by atoms with Crippen LogP contribution in [-0.2, 0) is 34.0 Å². The maximum atomic E-state index is 13.0. The fourth-order valence-corrected chi connectivity index (χ4v) is 6.32. The maximum absolute atomic E-state index is 13.0. The van der Waals surface area contributed by atoms with Gasteiger partial charge >= 0.3 is 21.3 Å². The molecule has 3 aromatic rings. The van der Waals surface area contributed by atoms with Gasteiger partial charge < -0.3 is 35.4 Å². The van der Waals surface area contributed by atoms with Gasteiger partial charge in [-0.25, -0.2) is 13.7 Å². The van der Waals surface area contributed by atoms with Gasteiger partial charge in [0.15, 0.2) is 12.1 Å². The number of ether oxygens (including phenoxy) is 1. The molecular formula is C23H26N5O12P2+. The number of carbonyl (C=O) groups excluding carboxylic acids is 1. The summed E-state index contributed by atoms with van der Waals surface area (Å²) in [6.45, 7) is -0.990. The number of hydrogen-bond donors (Lipinski definition) is 7. The van der Waals surface area contributed by atoms with E-state index in [2.05, 4.69) is 18.8 Å². The number of rotatable bonds is 9. The number of H-pyrrole nitrogens is 1. The lowest BCUT2D eigenvalue weighted by Gasteiger charge is -2.17. The molecule has 224 valence electrons. The highest BCUT2D eigenvalue weighted by atomic mass is 31.3. The number of imidazole rings is 1. The second-order valence-electron chi connectivity index (χ2n) is 9.51. The van der Waals surface area contributed by atoms with Crippen molar-refractivity contribution in [2.45, 2.75) is 37.5 Å². The first-order valence-electron chi connectivity index (χ1n) is 12.3. The third kappa shape index (κ3) is 6.35. The van der Waals surface area contributed by atoms with E-state index in [1.807, 2.05) is 36.4 Å². The number of carbonyl (C=O) groups is 1. The van der Waals surface area contributed by atoms with E-state index in [9.17, 15) is 33.8 Å². The largest absolute Gasteiger partial charge is 0.481 e. The minimum atomic E-state index is -5.39. The Kier molecular flexibility index (Phi) is 8.17. The van der Waals surface area contributed by atoms with Gasteiger partial charge in [-0.15, -0.1) is 0 Å². The SMILES string of the molecule is Nc1nc2c(c(=O)[nH]1)n(CC1=CC=C(c3ccccc3)CC1=O)c[n+]2[C@@H]1O[C@H](COP(=O)(O)OP(=O)(O)O)[C@@H](O)[C@H]1O. The highest BCUT2D eigenvalue weighted by molar-refractivity contribution is 7.60. The summed E-state index contributed by atoms with van der Waals surface area (Å²) < 4.78 is 39.1. The molecule has 1 aromatic carbocycles. The number of ketones is 1. The number of nitrogen functional groups attached to an aromatic ring is 1. The van der Waals surface area contributed by atoms with Gasteiger partial charge in [-0.05, 0) is 11.1 Å². The number of aliphatic hydroxyl groups is 2. The molecule has 1 aliphatic heterocycles. The molecule has 0 bridgehead atoms. The van der Waals surface area contributed by atoms with E-state index in [1.54, 1.807) is 6.08 Å². The summed E-state index contributed by atoms with van der Waals surface area (Å²) in [5, 5.41) is 21.2. The van der Waals surface area contributed by atoms with Crippen molar-refractivity contribution in [2.75, 3.05) is 12.3 Å². The number of aromatic nitrogens is 4. The van der Waals surface area contributed by atoms with E-state index in [-0.39, 0.29) is 35.9 Å². The molecule has 8 N–H and O–H groups in total. The standard InChI is InChI=1S/C23H25N5O12P2/c24-23-25-20-17(21(32)26-23)27(9-14-7-6-13(8-15(14)29)12-4-2-1-3-5-12)11-28(20)22-19(31)18(30)16(39-22)10-38-42(36,37)40-41(33,34)35/h1-7,11,16,18-19,22,30-31H,8-10H2,(H5-,24,25,26,32,33,34,35,36,37)/p+1/t16-,18-,19-,22-/m1/s1. The van der Waals surface area contributed by atoms with Crippen molar-refractivity contribution in [2.24, 2.45) is 0 Å². The number of nitrogens with zero attached hydrogens (tertiary/aromatic N) is 3. The minimum Gasteiger partial charge on any atom is -0.387 e. The van der Waals surface area contributed by atoms with Crippen LogP contribution in [0.5, 0.6) is 0 Å². The van der Waals surface area contributed by atoms with E-state index < -0.39 is 52.4 Å². The normalized spacial score (nSPS) is 24.5. The Hall–Kier alpha value is -3.34. The van der Waals surface area contributed by atoms with Crippen LogP contribution in [0.15, 0.2) is 59.2 Å². The number of hydrogen-bond acceptors (Lipinski definition) is 11. The molecule has 3 heterocycles. The Morgan fingerprint density at radius 2 is 1.83 bits per heavy atom. The van der Waals surface area contributed by atoms with Crippen molar-refractivity contribution in [3.05, 3.63) is 70.3 Å². The number of aliphatic hydroxyl groups excluding tert-OH is 2. The number of anilines is 1. The third-order valence-corrected chi connectivity index (χ3v) is 8.75. The second kappa shape index (κ2) is 11.4. The summed E-state index contributed by atoms with van der Waals surface area (Å²) in [5.41, 5.74) is 7.07. The number of benzene rings is 1. The van der Waals surface area contributed by atoms with Crippen LogP contribution in [-0.4, -0.2) is 70.1 Å². The van der Waals surface area contributed by atoms with Gasteiger partial charge in [0.25, 0.3) is 11.5 Å². The second-order valence-corrected chi connectivity index (χ2v) is 12.3. The molecule has 2 aromatic heterocycles. The lowest BCUT2D eigenvalue weighted by atomic mass is 9.92. The number of allylic oxidation sites excluding steroid dienone is 4. The van der Waals surface area contributed by atoms with Gasteiger partial charge in [-0.2, -0.15) is 4.31 Å². The van der Waals surface area contributed by atoms with Crippen molar-refractivity contribution in [1.82, 2.24) is 14.5 Å². The van der Waals surface area contributed by atoms with Gasteiger partial charge in [0.2, 0.25) is 11.7 Å².